The number of nitrogens with zero attached hydrogens (tertiary/aromatic N) is 1. The van der Waals surface area contributed by atoms with Gasteiger partial charge in [0.25, 0.3) is 0 Å². The SMILES string of the molecule is COC(=O)N1C2Cc3cc(OC)ccc3C1Cc1ccccc12. The quantitative estimate of drug-likeness (QED) is 0.807. The number of methoxy groups -OCH3 is 2. The number of rotatable bonds is 1. The highest BCUT2D eigenvalue weighted by molar-refractivity contribution is 5.71. The fourth-order valence-electron chi connectivity index (χ4n) is 3.97. The van der Waals surface area contributed by atoms with Crippen molar-refractivity contribution in [3.8, 4) is 5.75 Å². The van der Waals surface area contributed by atoms with Crippen LogP contribution in [0.15, 0.2) is 42.5 Å². The molecule has 4 rings (SSSR count). The van der Waals surface area contributed by atoms with E-state index >= 15 is 0 Å². The van der Waals surface area contributed by atoms with Gasteiger partial charge in [-0.3, -0.25) is 4.90 Å². The lowest BCUT2D eigenvalue weighted by atomic mass is 9.77. The van der Waals surface area contributed by atoms with Crippen LogP contribution in [0.4, 0.5) is 4.79 Å². The van der Waals surface area contributed by atoms with Crippen molar-refractivity contribution in [1.82, 2.24) is 4.90 Å². The lowest BCUT2D eigenvalue weighted by molar-refractivity contribution is 0.0670. The van der Waals surface area contributed by atoms with Crippen molar-refractivity contribution in [2.75, 3.05) is 14.2 Å². The lowest BCUT2D eigenvalue weighted by Gasteiger charge is -2.46. The molecule has 0 N–H and O–H groups in total. The van der Waals surface area contributed by atoms with Crippen molar-refractivity contribution in [3.05, 3.63) is 64.7 Å². The average Bonchev–Trinajstić information content (AvgIpc) is 2.60. The third-order valence-corrected chi connectivity index (χ3v) is 5.01. The third-order valence-electron chi connectivity index (χ3n) is 5.01. The van der Waals surface area contributed by atoms with Gasteiger partial charge in [0, 0.05) is 0 Å². The molecule has 0 radical (unpaired) electrons. The number of fused-ring (bicyclic) bond motifs is 6. The van der Waals surface area contributed by atoms with Gasteiger partial charge in [0.2, 0.25) is 0 Å². The van der Waals surface area contributed by atoms with Gasteiger partial charge in [-0.2, -0.15) is 0 Å². The van der Waals surface area contributed by atoms with Crippen LogP contribution < -0.4 is 4.74 Å². The normalized spacial score (nSPS) is 21.2. The largest absolute Gasteiger partial charge is 0.497 e. The van der Waals surface area contributed by atoms with Crippen molar-refractivity contribution in [1.29, 1.82) is 0 Å². The first-order chi connectivity index (χ1) is 11.2. The molecule has 4 nitrogen and oxygen atoms in total. The Morgan fingerprint density at radius 1 is 1.00 bits per heavy atom. The van der Waals surface area contributed by atoms with E-state index < -0.39 is 0 Å². The minimum atomic E-state index is -0.254. The van der Waals surface area contributed by atoms with E-state index in [1.165, 1.54) is 29.4 Å². The summed E-state index contributed by atoms with van der Waals surface area (Å²) in [5.74, 6) is 0.863. The van der Waals surface area contributed by atoms with E-state index in [9.17, 15) is 4.79 Å². The van der Waals surface area contributed by atoms with Crippen LogP contribution in [0.25, 0.3) is 0 Å². The number of amides is 1. The Labute approximate surface area is 135 Å². The van der Waals surface area contributed by atoms with Gasteiger partial charge in [0.1, 0.15) is 5.75 Å². The first-order valence-electron chi connectivity index (χ1n) is 7.84. The topological polar surface area (TPSA) is 38.8 Å². The molecule has 118 valence electrons. The molecule has 2 atom stereocenters. The van der Waals surface area contributed by atoms with Crippen molar-refractivity contribution < 1.29 is 14.3 Å². The van der Waals surface area contributed by atoms with Crippen molar-refractivity contribution in [2.45, 2.75) is 24.9 Å². The molecule has 2 heterocycles. The van der Waals surface area contributed by atoms with E-state index in [-0.39, 0.29) is 18.2 Å². The molecule has 2 aliphatic heterocycles. The molecule has 0 fully saturated rings. The molecule has 0 saturated heterocycles. The second-order valence-electron chi connectivity index (χ2n) is 6.08. The Morgan fingerprint density at radius 3 is 2.43 bits per heavy atom. The summed E-state index contributed by atoms with van der Waals surface area (Å²) in [5, 5.41) is 0. The summed E-state index contributed by atoms with van der Waals surface area (Å²) < 4.78 is 10.4. The smallest absolute Gasteiger partial charge is 0.410 e. The number of ether oxygens (including phenoxy) is 2. The molecule has 0 aliphatic carbocycles. The standard InChI is InChI=1S/C19H19NO3/c1-22-14-7-8-16-13(9-14)11-18-15-6-4-3-5-12(15)10-17(16)20(18)19(21)23-2/h3-9,17-18H,10-11H2,1-2H3. The van der Waals surface area contributed by atoms with Gasteiger partial charge in [0.15, 0.2) is 0 Å². The molecule has 2 unspecified atom stereocenters. The summed E-state index contributed by atoms with van der Waals surface area (Å²) in [4.78, 5) is 14.3. The molecule has 2 aromatic rings. The molecule has 23 heavy (non-hydrogen) atoms. The number of hydrogen-bond donors (Lipinski definition) is 0. The van der Waals surface area contributed by atoms with Gasteiger partial charge in [-0.15, -0.1) is 0 Å². The van der Waals surface area contributed by atoms with Gasteiger partial charge < -0.3 is 9.47 Å². The highest BCUT2D eigenvalue weighted by Crippen LogP contribution is 2.47. The summed E-state index contributed by atoms with van der Waals surface area (Å²) >= 11 is 0. The van der Waals surface area contributed by atoms with Crippen molar-refractivity contribution in [2.24, 2.45) is 0 Å². The number of benzene rings is 2. The minimum absolute atomic E-state index is 0.0250. The van der Waals surface area contributed by atoms with Gasteiger partial charge in [-0.1, -0.05) is 30.3 Å². The maximum Gasteiger partial charge on any atom is 0.410 e. The molecule has 0 aromatic heterocycles. The van der Waals surface area contributed by atoms with E-state index in [2.05, 4.69) is 30.3 Å². The zero-order valence-corrected chi connectivity index (χ0v) is 13.3. The zero-order valence-electron chi connectivity index (χ0n) is 13.3. The Hall–Kier alpha value is -2.49. The van der Waals surface area contributed by atoms with E-state index in [4.69, 9.17) is 9.47 Å². The second kappa shape index (κ2) is 5.30. The fourth-order valence-corrected chi connectivity index (χ4v) is 3.97. The number of carbonyl (C=O) groups excluding carboxylic acids is 1. The van der Waals surface area contributed by atoms with Crippen LogP contribution in [-0.4, -0.2) is 25.2 Å². The van der Waals surface area contributed by atoms with Crippen molar-refractivity contribution in [3.63, 3.8) is 0 Å². The Balaban J connectivity index is 1.87. The van der Waals surface area contributed by atoms with Crippen LogP contribution in [0.2, 0.25) is 0 Å². The van der Waals surface area contributed by atoms with Gasteiger partial charge in [-0.05, 0) is 47.2 Å². The van der Waals surface area contributed by atoms with Gasteiger partial charge in [-0.25, -0.2) is 4.79 Å². The van der Waals surface area contributed by atoms with Gasteiger partial charge in [0.05, 0.1) is 26.3 Å². The predicted octanol–water partition coefficient (Wildman–Crippen LogP) is 3.66. The zero-order chi connectivity index (χ0) is 16.0. The van der Waals surface area contributed by atoms with Crippen LogP contribution in [0.3, 0.4) is 0 Å². The highest BCUT2D eigenvalue weighted by Gasteiger charge is 2.43. The first-order valence-corrected chi connectivity index (χ1v) is 7.84. The van der Waals surface area contributed by atoms with E-state index in [1.807, 2.05) is 17.0 Å². The van der Waals surface area contributed by atoms with E-state index in [0.717, 1.165) is 18.6 Å². The van der Waals surface area contributed by atoms with Crippen LogP contribution in [-0.2, 0) is 17.6 Å². The summed E-state index contributed by atoms with van der Waals surface area (Å²) in [5.41, 5.74) is 5.00. The average molecular weight is 309 g/mol. The summed E-state index contributed by atoms with van der Waals surface area (Å²) in [6, 6.07) is 14.6. The Bertz CT molecular complexity index is 771. The van der Waals surface area contributed by atoms with E-state index in [0.29, 0.717) is 0 Å². The van der Waals surface area contributed by atoms with Crippen LogP contribution in [0, 0.1) is 0 Å². The van der Waals surface area contributed by atoms with Crippen LogP contribution in [0.1, 0.15) is 34.3 Å². The van der Waals surface area contributed by atoms with E-state index in [1.54, 1.807) is 7.11 Å². The maximum atomic E-state index is 12.4. The minimum Gasteiger partial charge on any atom is -0.497 e. The molecule has 2 aromatic carbocycles. The first kappa shape index (κ1) is 14.1. The molecular weight excluding hydrogens is 290 g/mol. The number of hydrogen-bond acceptors (Lipinski definition) is 3. The molecule has 0 spiro atoms. The molecule has 2 aliphatic rings. The fraction of sp³-hybridized carbons (Fsp3) is 0.316. The van der Waals surface area contributed by atoms with Crippen LogP contribution >= 0.6 is 0 Å². The van der Waals surface area contributed by atoms with Gasteiger partial charge >= 0.3 is 6.09 Å². The summed E-state index contributed by atoms with van der Waals surface area (Å²) in [7, 11) is 3.13. The highest BCUT2D eigenvalue weighted by atomic mass is 16.5. The predicted molar refractivity (Wildman–Crippen MR) is 86.6 cm³/mol. The lowest BCUT2D eigenvalue weighted by Crippen LogP contribution is -2.46. The molecule has 2 bridgehead atoms. The molecule has 4 heteroatoms. The number of carbonyl (C=O) groups is 1. The second-order valence-corrected chi connectivity index (χ2v) is 6.08. The monoisotopic (exact) mass is 309 g/mol. The third kappa shape index (κ3) is 2.09. The van der Waals surface area contributed by atoms with Crippen LogP contribution in [0.5, 0.6) is 5.75 Å². The molecular formula is C19H19NO3. The van der Waals surface area contributed by atoms with Crippen molar-refractivity contribution >= 4 is 6.09 Å². The summed E-state index contributed by atoms with van der Waals surface area (Å²) in [6.45, 7) is 0. The molecule has 0 saturated carbocycles. The summed E-state index contributed by atoms with van der Waals surface area (Å²) in [6.07, 6.45) is 1.35. The Kier molecular flexibility index (Phi) is 3.26. The molecule has 1 amide bonds. The Morgan fingerprint density at radius 2 is 1.70 bits per heavy atom. The maximum absolute atomic E-state index is 12.4.